The Labute approximate surface area is 151 Å². The Balaban J connectivity index is 1.49. The quantitative estimate of drug-likeness (QED) is 0.708. The molecule has 2 aromatic carbocycles. The van der Waals surface area contributed by atoms with Crippen LogP contribution in [-0.4, -0.2) is 29.3 Å². The molecule has 0 bridgehead atoms. The van der Waals surface area contributed by atoms with Crippen molar-refractivity contribution in [2.24, 2.45) is 0 Å². The molecule has 0 fully saturated rings. The fourth-order valence-corrected chi connectivity index (χ4v) is 2.73. The number of hydrogen-bond donors (Lipinski definition) is 1. The molecule has 0 aliphatic heterocycles. The Bertz CT molecular complexity index is 948. The molecule has 26 heavy (non-hydrogen) atoms. The molecule has 6 nitrogen and oxygen atoms in total. The van der Waals surface area contributed by atoms with E-state index >= 15 is 0 Å². The van der Waals surface area contributed by atoms with E-state index in [0.29, 0.717) is 31.3 Å². The van der Waals surface area contributed by atoms with Crippen molar-refractivity contribution in [2.45, 2.75) is 19.4 Å². The zero-order valence-electron chi connectivity index (χ0n) is 14.6. The van der Waals surface area contributed by atoms with E-state index in [-0.39, 0.29) is 11.5 Å². The first kappa shape index (κ1) is 17.7. The van der Waals surface area contributed by atoms with Gasteiger partial charge < -0.3 is 10.1 Å². The van der Waals surface area contributed by atoms with Crippen molar-refractivity contribution in [1.82, 2.24) is 15.1 Å². The van der Waals surface area contributed by atoms with Crippen LogP contribution < -0.4 is 15.6 Å². The van der Waals surface area contributed by atoms with Crippen molar-refractivity contribution < 1.29 is 9.53 Å². The average molecular weight is 351 g/mol. The summed E-state index contributed by atoms with van der Waals surface area (Å²) in [5, 5.41) is 8.44. The average Bonchev–Trinajstić information content (AvgIpc) is 2.69. The minimum absolute atomic E-state index is 0.0466. The minimum atomic E-state index is -0.143. The second kappa shape index (κ2) is 8.29. The van der Waals surface area contributed by atoms with Crippen LogP contribution in [0.15, 0.2) is 59.5 Å². The number of fused-ring (bicyclic) bond motifs is 1. The second-order valence-electron chi connectivity index (χ2n) is 5.96. The van der Waals surface area contributed by atoms with Gasteiger partial charge in [-0.1, -0.05) is 30.3 Å². The number of amides is 1. The number of nitrogens with zero attached hydrogens (tertiary/aromatic N) is 2. The highest BCUT2D eigenvalue weighted by atomic mass is 16.5. The summed E-state index contributed by atoms with van der Waals surface area (Å²) < 4.78 is 6.49. The van der Waals surface area contributed by atoms with Crippen LogP contribution in [0.3, 0.4) is 0 Å². The van der Waals surface area contributed by atoms with E-state index in [1.165, 1.54) is 4.68 Å². The molecule has 0 radical (unpaired) electrons. The Morgan fingerprint density at radius 2 is 1.92 bits per heavy atom. The maximum atomic E-state index is 12.3. The number of rotatable bonds is 7. The van der Waals surface area contributed by atoms with Crippen molar-refractivity contribution in [1.29, 1.82) is 0 Å². The molecular weight excluding hydrogens is 330 g/mol. The van der Waals surface area contributed by atoms with Gasteiger partial charge >= 0.3 is 0 Å². The fraction of sp³-hybridized carbons (Fsp3) is 0.250. The van der Waals surface area contributed by atoms with E-state index in [9.17, 15) is 9.59 Å². The molecular formula is C20H21N3O3. The maximum absolute atomic E-state index is 12.3. The molecule has 6 heteroatoms. The third-order valence-electron chi connectivity index (χ3n) is 4.21. The van der Waals surface area contributed by atoms with E-state index < -0.39 is 0 Å². The van der Waals surface area contributed by atoms with Crippen molar-refractivity contribution in [3.05, 3.63) is 70.6 Å². The second-order valence-corrected chi connectivity index (χ2v) is 5.96. The summed E-state index contributed by atoms with van der Waals surface area (Å²) in [5.41, 5.74) is 0.934. The zero-order chi connectivity index (χ0) is 18.4. The van der Waals surface area contributed by atoms with Crippen LogP contribution in [0.1, 0.15) is 12.0 Å². The summed E-state index contributed by atoms with van der Waals surface area (Å²) in [7, 11) is 1.62. The molecule has 0 saturated carbocycles. The molecule has 1 N–H and O–H groups in total. The first-order chi connectivity index (χ1) is 12.7. The summed E-state index contributed by atoms with van der Waals surface area (Å²) in [6.07, 6.45) is 2.72. The lowest BCUT2D eigenvalue weighted by Gasteiger charge is -2.08. The van der Waals surface area contributed by atoms with Gasteiger partial charge in [-0.25, -0.2) is 4.68 Å². The highest BCUT2D eigenvalue weighted by Gasteiger charge is 2.05. The number of methoxy groups -OCH3 is 1. The van der Waals surface area contributed by atoms with Crippen LogP contribution >= 0.6 is 0 Å². The molecule has 0 spiro atoms. The molecule has 0 unspecified atom stereocenters. The lowest BCUT2D eigenvalue weighted by Crippen LogP contribution is -2.32. The normalized spacial score (nSPS) is 10.7. The summed E-state index contributed by atoms with van der Waals surface area (Å²) in [4.78, 5) is 24.3. The van der Waals surface area contributed by atoms with Crippen LogP contribution in [-0.2, 0) is 17.8 Å². The fourth-order valence-electron chi connectivity index (χ4n) is 2.73. The van der Waals surface area contributed by atoms with Gasteiger partial charge in [0.15, 0.2) is 0 Å². The van der Waals surface area contributed by atoms with Gasteiger partial charge in [-0.2, -0.15) is 5.10 Å². The minimum Gasteiger partial charge on any atom is -0.497 e. The summed E-state index contributed by atoms with van der Waals surface area (Å²) >= 11 is 0. The van der Waals surface area contributed by atoms with E-state index in [1.54, 1.807) is 19.4 Å². The zero-order valence-corrected chi connectivity index (χ0v) is 14.6. The van der Waals surface area contributed by atoms with Crippen molar-refractivity contribution in [3.63, 3.8) is 0 Å². The summed E-state index contributed by atoms with van der Waals surface area (Å²) in [5.74, 6) is 0.751. The largest absolute Gasteiger partial charge is 0.497 e. The Kier molecular flexibility index (Phi) is 5.63. The SMILES string of the molecule is COc1ccc(CCC(=O)NCCn2ncc3ccccc3c2=O)cc1. The molecule has 0 aliphatic rings. The lowest BCUT2D eigenvalue weighted by atomic mass is 10.1. The monoisotopic (exact) mass is 351 g/mol. The predicted octanol–water partition coefficient (Wildman–Crippen LogP) is 2.15. The predicted molar refractivity (Wildman–Crippen MR) is 100 cm³/mol. The number of nitrogens with one attached hydrogen (secondary N) is 1. The highest BCUT2D eigenvalue weighted by molar-refractivity contribution is 5.80. The Morgan fingerprint density at radius 3 is 2.69 bits per heavy atom. The highest BCUT2D eigenvalue weighted by Crippen LogP contribution is 2.12. The molecule has 0 saturated heterocycles. The van der Waals surface area contributed by atoms with Crippen LogP contribution in [0.25, 0.3) is 10.8 Å². The Hall–Kier alpha value is -3.15. The van der Waals surface area contributed by atoms with Gasteiger partial charge in [-0.3, -0.25) is 9.59 Å². The van der Waals surface area contributed by atoms with Gasteiger partial charge in [0.25, 0.3) is 5.56 Å². The van der Waals surface area contributed by atoms with E-state index in [4.69, 9.17) is 4.74 Å². The first-order valence-electron chi connectivity index (χ1n) is 8.52. The van der Waals surface area contributed by atoms with Gasteiger partial charge in [-0.05, 0) is 30.2 Å². The standard InChI is InChI=1S/C20H21N3O3/c1-26-17-9-6-15(7-10-17)8-11-19(24)21-12-13-23-20(25)18-5-3-2-4-16(18)14-22-23/h2-7,9-10,14H,8,11-13H2,1H3,(H,21,24). The Morgan fingerprint density at radius 1 is 1.15 bits per heavy atom. The van der Waals surface area contributed by atoms with Gasteiger partial charge in [0.05, 0.1) is 25.2 Å². The van der Waals surface area contributed by atoms with E-state index in [1.807, 2.05) is 42.5 Å². The van der Waals surface area contributed by atoms with Crippen molar-refractivity contribution >= 4 is 16.7 Å². The molecule has 1 amide bonds. The number of ether oxygens (including phenoxy) is 1. The van der Waals surface area contributed by atoms with Crippen LogP contribution in [0, 0.1) is 0 Å². The molecule has 1 aromatic heterocycles. The van der Waals surface area contributed by atoms with E-state index in [0.717, 1.165) is 16.7 Å². The number of hydrogen-bond acceptors (Lipinski definition) is 4. The van der Waals surface area contributed by atoms with E-state index in [2.05, 4.69) is 10.4 Å². The summed E-state index contributed by atoms with van der Waals surface area (Å²) in [6, 6.07) is 15.0. The smallest absolute Gasteiger partial charge is 0.274 e. The number of carbonyl (C=O) groups is 1. The number of aryl methyl sites for hydroxylation is 1. The number of aromatic nitrogens is 2. The van der Waals surface area contributed by atoms with Crippen LogP contribution in [0.2, 0.25) is 0 Å². The van der Waals surface area contributed by atoms with Crippen LogP contribution in [0.4, 0.5) is 0 Å². The molecule has 0 aliphatic carbocycles. The number of benzene rings is 2. The van der Waals surface area contributed by atoms with Gasteiger partial charge in [0.2, 0.25) is 5.91 Å². The van der Waals surface area contributed by atoms with Gasteiger partial charge in [-0.15, -0.1) is 0 Å². The third-order valence-corrected chi connectivity index (χ3v) is 4.21. The molecule has 3 aromatic rings. The molecule has 0 atom stereocenters. The number of carbonyl (C=O) groups excluding carboxylic acids is 1. The first-order valence-corrected chi connectivity index (χ1v) is 8.52. The van der Waals surface area contributed by atoms with Crippen molar-refractivity contribution in [2.75, 3.05) is 13.7 Å². The topological polar surface area (TPSA) is 73.2 Å². The lowest BCUT2D eigenvalue weighted by molar-refractivity contribution is -0.121. The van der Waals surface area contributed by atoms with Crippen LogP contribution in [0.5, 0.6) is 5.75 Å². The molecule has 134 valence electrons. The summed E-state index contributed by atoms with van der Waals surface area (Å²) in [6.45, 7) is 0.713. The van der Waals surface area contributed by atoms with Gasteiger partial charge in [0, 0.05) is 18.4 Å². The molecule has 3 rings (SSSR count). The third kappa shape index (κ3) is 4.27. The van der Waals surface area contributed by atoms with Gasteiger partial charge in [0.1, 0.15) is 5.75 Å². The maximum Gasteiger partial charge on any atom is 0.274 e. The van der Waals surface area contributed by atoms with Crippen molar-refractivity contribution in [3.8, 4) is 5.75 Å². The molecule has 1 heterocycles.